The number of fused-ring (bicyclic) bond motifs is 1. The van der Waals surface area contributed by atoms with Crippen LogP contribution in [0.1, 0.15) is 37.7 Å². The first-order chi connectivity index (χ1) is 16.8. The van der Waals surface area contributed by atoms with Gasteiger partial charge in [-0.25, -0.2) is 4.98 Å². The molecule has 0 radical (unpaired) electrons. The van der Waals surface area contributed by atoms with Crippen LogP contribution in [0.2, 0.25) is 0 Å². The highest BCUT2D eigenvalue weighted by Gasteiger charge is 2.35. The zero-order valence-electron chi connectivity index (χ0n) is 19.9. The fourth-order valence-electron chi connectivity index (χ4n) is 4.84. The molecule has 4 heterocycles. The smallest absolute Gasteiger partial charge is 0.281 e. The second-order valence-electron chi connectivity index (χ2n) is 9.44. The lowest BCUT2D eigenvalue weighted by molar-refractivity contribution is -0.136. The van der Waals surface area contributed by atoms with Crippen molar-refractivity contribution in [3.8, 4) is 11.4 Å². The van der Waals surface area contributed by atoms with Crippen molar-refractivity contribution in [3.05, 3.63) is 64.8 Å². The number of aliphatic hydroxyl groups is 1. The number of H-pyrrole nitrogens is 1. The summed E-state index contributed by atoms with van der Waals surface area (Å²) in [6.45, 7) is 3.06. The average Bonchev–Trinajstić information content (AvgIpc) is 3.49. The molecule has 0 bridgehead atoms. The summed E-state index contributed by atoms with van der Waals surface area (Å²) in [6, 6.07) is 11.8. The number of likely N-dealkylation sites (tertiary alicyclic amines) is 1. The molecule has 1 amide bonds. The molecule has 1 aliphatic rings. The van der Waals surface area contributed by atoms with Crippen LogP contribution in [-0.2, 0) is 18.4 Å². The van der Waals surface area contributed by atoms with Gasteiger partial charge in [-0.2, -0.15) is 10.2 Å². The molecular weight excluding hydrogens is 446 g/mol. The summed E-state index contributed by atoms with van der Waals surface area (Å²) in [5.74, 6) is 0.217. The SMILES string of the molecule is CC(CC(=O)N1CCC(O)(Cn2cnc3c(-c4ccn[nH]4)n(C)nc3c2=O)CC1)c1ccccc1. The van der Waals surface area contributed by atoms with Crippen molar-refractivity contribution < 1.29 is 9.90 Å². The molecule has 1 saturated heterocycles. The summed E-state index contributed by atoms with van der Waals surface area (Å²) in [5.41, 5.74) is 1.86. The summed E-state index contributed by atoms with van der Waals surface area (Å²) in [6.07, 6.45) is 4.31. The van der Waals surface area contributed by atoms with Gasteiger partial charge in [-0.1, -0.05) is 37.3 Å². The van der Waals surface area contributed by atoms with Crippen LogP contribution in [0.5, 0.6) is 0 Å². The van der Waals surface area contributed by atoms with Crippen molar-refractivity contribution in [1.82, 2.24) is 34.4 Å². The van der Waals surface area contributed by atoms with Gasteiger partial charge in [0, 0.05) is 32.8 Å². The van der Waals surface area contributed by atoms with Crippen molar-refractivity contribution in [2.45, 2.75) is 44.2 Å². The number of aromatic nitrogens is 6. The molecule has 4 aromatic rings. The van der Waals surface area contributed by atoms with E-state index in [1.807, 2.05) is 35.2 Å². The van der Waals surface area contributed by atoms with E-state index in [4.69, 9.17) is 0 Å². The van der Waals surface area contributed by atoms with E-state index in [0.29, 0.717) is 43.6 Å². The molecule has 0 spiro atoms. The van der Waals surface area contributed by atoms with Crippen LogP contribution < -0.4 is 5.56 Å². The predicted molar refractivity (Wildman–Crippen MR) is 131 cm³/mol. The third kappa shape index (κ3) is 4.49. The highest BCUT2D eigenvalue weighted by Crippen LogP contribution is 2.27. The third-order valence-electron chi connectivity index (χ3n) is 6.93. The predicted octanol–water partition coefficient (Wildman–Crippen LogP) is 2.07. The van der Waals surface area contributed by atoms with E-state index in [1.54, 1.807) is 24.0 Å². The molecule has 1 aromatic carbocycles. The lowest BCUT2D eigenvalue weighted by Crippen LogP contribution is -2.49. The maximum Gasteiger partial charge on any atom is 0.281 e. The molecule has 35 heavy (non-hydrogen) atoms. The van der Waals surface area contributed by atoms with Gasteiger partial charge in [0.1, 0.15) is 11.2 Å². The van der Waals surface area contributed by atoms with Gasteiger partial charge >= 0.3 is 0 Å². The molecule has 0 saturated carbocycles. The van der Waals surface area contributed by atoms with Gasteiger partial charge in [-0.05, 0) is 30.4 Å². The lowest BCUT2D eigenvalue weighted by Gasteiger charge is -2.38. The van der Waals surface area contributed by atoms with E-state index >= 15 is 0 Å². The van der Waals surface area contributed by atoms with Gasteiger partial charge < -0.3 is 10.0 Å². The summed E-state index contributed by atoms with van der Waals surface area (Å²) in [4.78, 5) is 32.3. The lowest BCUT2D eigenvalue weighted by atomic mass is 9.90. The fourth-order valence-corrected chi connectivity index (χ4v) is 4.84. The molecular formula is C25H29N7O3. The number of aromatic amines is 1. The molecule has 10 nitrogen and oxygen atoms in total. The highest BCUT2D eigenvalue weighted by atomic mass is 16.3. The number of nitrogens with one attached hydrogen (secondary N) is 1. The second kappa shape index (κ2) is 9.10. The first-order valence-corrected chi connectivity index (χ1v) is 11.8. The Hall–Kier alpha value is -3.79. The monoisotopic (exact) mass is 475 g/mol. The summed E-state index contributed by atoms with van der Waals surface area (Å²) >= 11 is 0. The Kier molecular flexibility index (Phi) is 5.98. The topological polar surface area (TPSA) is 122 Å². The minimum atomic E-state index is -1.10. The van der Waals surface area contributed by atoms with E-state index in [0.717, 1.165) is 11.3 Å². The van der Waals surface area contributed by atoms with Crippen molar-refractivity contribution in [3.63, 3.8) is 0 Å². The highest BCUT2D eigenvalue weighted by molar-refractivity contribution is 5.88. The number of nitrogens with zero attached hydrogens (tertiary/aromatic N) is 6. The number of rotatable bonds is 6. The number of hydrogen-bond donors (Lipinski definition) is 2. The number of carbonyl (C=O) groups excluding carboxylic acids is 1. The van der Waals surface area contributed by atoms with Gasteiger partial charge in [0.25, 0.3) is 5.56 Å². The number of aryl methyl sites for hydroxylation is 1. The molecule has 2 N–H and O–H groups in total. The number of benzene rings is 1. The van der Waals surface area contributed by atoms with Crippen molar-refractivity contribution in [1.29, 1.82) is 0 Å². The maximum atomic E-state index is 13.2. The molecule has 5 rings (SSSR count). The van der Waals surface area contributed by atoms with Crippen LogP contribution >= 0.6 is 0 Å². The maximum absolute atomic E-state index is 13.2. The fraction of sp³-hybridized carbons (Fsp3) is 0.400. The zero-order valence-corrected chi connectivity index (χ0v) is 19.9. The Bertz CT molecular complexity index is 1380. The van der Waals surface area contributed by atoms with Crippen LogP contribution in [-0.4, -0.2) is 64.1 Å². The summed E-state index contributed by atoms with van der Waals surface area (Å²) < 4.78 is 3.02. The number of carbonyl (C=O) groups is 1. The van der Waals surface area contributed by atoms with E-state index in [2.05, 4.69) is 27.2 Å². The first-order valence-electron chi connectivity index (χ1n) is 11.8. The van der Waals surface area contributed by atoms with E-state index in [-0.39, 0.29) is 29.4 Å². The first kappa shape index (κ1) is 23.0. The molecule has 1 aliphatic heterocycles. The van der Waals surface area contributed by atoms with Gasteiger partial charge in [-0.3, -0.25) is 23.9 Å². The van der Waals surface area contributed by atoms with Gasteiger partial charge in [-0.15, -0.1) is 0 Å². The Morgan fingerprint density at radius 2 is 1.91 bits per heavy atom. The van der Waals surface area contributed by atoms with Gasteiger partial charge in [0.15, 0.2) is 5.52 Å². The summed E-state index contributed by atoms with van der Waals surface area (Å²) in [5, 5.41) is 22.4. The minimum absolute atomic E-state index is 0.0866. The number of hydrogen-bond acceptors (Lipinski definition) is 6. The minimum Gasteiger partial charge on any atom is -0.388 e. The zero-order chi connectivity index (χ0) is 24.6. The van der Waals surface area contributed by atoms with Crippen LogP contribution in [0.3, 0.4) is 0 Å². The van der Waals surface area contributed by atoms with Crippen molar-refractivity contribution >= 4 is 16.9 Å². The molecule has 1 atom stereocenters. The van der Waals surface area contributed by atoms with E-state index < -0.39 is 5.60 Å². The van der Waals surface area contributed by atoms with Crippen LogP contribution in [0.25, 0.3) is 22.4 Å². The number of amides is 1. The molecule has 1 fully saturated rings. The normalized spacial score (nSPS) is 16.5. The quantitative estimate of drug-likeness (QED) is 0.440. The average molecular weight is 476 g/mol. The van der Waals surface area contributed by atoms with E-state index in [1.165, 1.54) is 10.9 Å². The number of piperidine rings is 1. The Morgan fingerprint density at radius 1 is 1.17 bits per heavy atom. The molecule has 0 aliphatic carbocycles. The standard InChI is InChI=1S/C25H29N7O3/c1-17(18-6-4-3-5-7-18)14-20(33)31-12-9-25(35,10-13-31)15-32-16-26-21-22(24(32)34)29-30(2)23(21)19-8-11-27-28-19/h3-8,11,16-17,35H,9-10,12-15H2,1-2H3,(H,27,28). The van der Waals surface area contributed by atoms with Gasteiger partial charge in [0.2, 0.25) is 5.91 Å². The van der Waals surface area contributed by atoms with Crippen LogP contribution in [0, 0.1) is 0 Å². The second-order valence-corrected chi connectivity index (χ2v) is 9.44. The van der Waals surface area contributed by atoms with Crippen molar-refractivity contribution in [2.24, 2.45) is 7.05 Å². The largest absolute Gasteiger partial charge is 0.388 e. The molecule has 10 heteroatoms. The Balaban J connectivity index is 1.26. The van der Waals surface area contributed by atoms with E-state index in [9.17, 15) is 14.7 Å². The third-order valence-corrected chi connectivity index (χ3v) is 6.93. The molecule has 1 unspecified atom stereocenters. The van der Waals surface area contributed by atoms with Crippen LogP contribution in [0.15, 0.2) is 53.7 Å². The Morgan fingerprint density at radius 3 is 2.60 bits per heavy atom. The molecule has 3 aromatic heterocycles. The summed E-state index contributed by atoms with van der Waals surface area (Å²) in [7, 11) is 1.75. The van der Waals surface area contributed by atoms with Gasteiger partial charge in [0.05, 0.1) is 24.2 Å². The molecule has 182 valence electrons. The van der Waals surface area contributed by atoms with Crippen LogP contribution in [0.4, 0.5) is 0 Å². The van der Waals surface area contributed by atoms with Crippen molar-refractivity contribution in [2.75, 3.05) is 13.1 Å². The Labute approximate surface area is 202 Å².